The SMILES string of the molecule is CCC(NC)C(C)c1ccc([N+](=O)[O-])c(OC)c1. The number of hydrogen-bond acceptors (Lipinski definition) is 4. The molecule has 5 heteroatoms. The number of nitrogens with one attached hydrogen (secondary N) is 1. The highest BCUT2D eigenvalue weighted by atomic mass is 16.6. The minimum atomic E-state index is -0.428. The van der Waals surface area contributed by atoms with E-state index in [2.05, 4.69) is 19.2 Å². The van der Waals surface area contributed by atoms with E-state index in [0.717, 1.165) is 12.0 Å². The summed E-state index contributed by atoms with van der Waals surface area (Å²) in [6, 6.07) is 5.40. The van der Waals surface area contributed by atoms with Crippen molar-refractivity contribution in [2.24, 2.45) is 0 Å². The van der Waals surface area contributed by atoms with Gasteiger partial charge in [-0.15, -0.1) is 0 Å². The number of nitrogens with zero attached hydrogens (tertiary/aromatic N) is 1. The molecule has 0 saturated heterocycles. The highest BCUT2D eigenvalue weighted by Gasteiger charge is 2.20. The summed E-state index contributed by atoms with van der Waals surface area (Å²) in [6.07, 6.45) is 0.997. The number of hydrogen-bond donors (Lipinski definition) is 1. The maximum Gasteiger partial charge on any atom is 0.310 e. The molecular weight excluding hydrogens is 232 g/mol. The average Bonchev–Trinajstić information content (AvgIpc) is 2.39. The minimum Gasteiger partial charge on any atom is -0.490 e. The second-order valence-electron chi connectivity index (χ2n) is 4.28. The molecule has 2 atom stereocenters. The fraction of sp³-hybridized carbons (Fsp3) is 0.538. The van der Waals surface area contributed by atoms with E-state index in [1.54, 1.807) is 12.1 Å². The standard InChI is InChI=1S/C13H20N2O3/c1-5-11(14-3)9(2)10-6-7-12(15(16)17)13(8-10)18-4/h6-9,11,14H,5H2,1-4H3. The number of nitro groups is 1. The van der Waals surface area contributed by atoms with Gasteiger partial charge in [-0.3, -0.25) is 10.1 Å². The van der Waals surface area contributed by atoms with Crippen LogP contribution in [0.1, 0.15) is 31.7 Å². The zero-order chi connectivity index (χ0) is 13.7. The molecule has 0 bridgehead atoms. The molecule has 0 radical (unpaired) electrons. The lowest BCUT2D eigenvalue weighted by Gasteiger charge is -2.22. The molecule has 0 amide bonds. The molecule has 0 aliphatic carbocycles. The molecule has 100 valence electrons. The van der Waals surface area contributed by atoms with E-state index in [1.807, 2.05) is 7.05 Å². The predicted octanol–water partition coefficient (Wildman–Crippen LogP) is 2.70. The Morgan fingerprint density at radius 2 is 2.17 bits per heavy atom. The lowest BCUT2D eigenvalue weighted by Crippen LogP contribution is -2.29. The quantitative estimate of drug-likeness (QED) is 0.624. The largest absolute Gasteiger partial charge is 0.490 e. The summed E-state index contributed by atoms with van der Waals surface area (Å²) >= 11 is 0. The molecule has 0 aliphatic rings. The van der Waals surface area contributed by atoms with Crippen LogP contribution in [-0.4, -0.2) is 25.1 Å². The Balaban J connectivity index is 3.08. The first-order valence-electron chi connectivity index (χ1n) is 6.04. The minimum absolute atomic E-state index is 0.00551. The van der Waals surface area contributed by atoms with Gasteiger partial charge in [0.25, 0.3) is 0 Å². The molecule has 1 rings (SSSR count). The van der Waals surface area contributed by atoms with Gasteiger partial charge in [0.1, 0.15) is 0 Å². The molecule has 0 heterocycles. The molecular formula is C13H20N2O3. The second-order valence-corrected chi connectivity index (χ2v) is 4.28. The van der Waals surface area contributed by atoms with Crippen LogP contribution in [0.25, 0.3) is 0 Å². The molecule has 1 aromatic rings. The summed E-state index contributed by atoms with van der Waals surface area (Å²) < 4.78 is 5.08. The number of benzene rings is 1. The van der Waals surface area contributed by atoms with E-state index in [0.29, 0.717) is 11.8 Å². The highest BCUT2D eigenvalue weighted by Crippen LogP contribution is 2.31. The third-order valence-electron chi connectivity index (χ3n) is 3.34. The van der Waals surface area contributed by atoms with Crippen LogP contribution in [0.5, 0.6) is 5.75 Å². The van der Waals surface area contributed by atoms with Crippen LogP contribution in [0.3, 0.4) is 0 Å². The van der Waals surface area contributed by atoms with Crippen LogP contribution in [0.2, 0.25) is 0 Å². The molecule has 0 spiro atoms. The van der Waals surface area contributed by atoms with Gasteiger partial charge in [-0.1, -0.05) is 19.9 Å². The average molecular weight is 252 g/mol. The van der Waals surface area contributed by atoms with Crippen LogP contribution < -0.4 is 10.1 Å². The third-order valence-corrected chi connectivity index (χ3v) is 3.34. The Labute approximate surface area is 107 Å². The summed E-state index contributed by atoms with van der Waals surface area (Å²) in [4.78, 5) is 10.4. The van der Waals surface area contributed by atoms with Crippen molar-refractivity contribution in [3.05, 3.63) is 33.9 Å². The molecule has 2 unspecified atom stereocenters. The highest BCUT2D eigenvalue weighted by molar-refractivity contribution is 5.49. The fourth-order valence-corrected chi connectivity index (χ4v) is 2.17. The van der Waals surface area contributed by atoms with Crippen LogP contribution >= 0.6 is 0 Å². The summed E-state index contributed by atoms with van der Waals surface area (Å²) in [5.74, 6) is 0.588. The summed E-state index contributed by atoms with van der Waals surface area (Å²) in [6.45, 7) is 4.21. The van der Waals surface area contributed by atoms with Gasteiger partial charge >= 0.3 is 5.69 Å². The van der Waals surface area contributed by atoms with Crippen molar-refractivity contribution in [2.45, 2.75) is 32.2 Å². The molecule has 1 N–H and O–H groups in total. The number of likely N-dealkylation sites (N-methyl/N-ethyl adjacent to an activating group) is 1. The maximum absolute atomic E-state index is 10.8. The predicted molar refractivity (Wildman–Crippen MR) is 71.2 cm³/mol. The molecule has 0 saturated carbocycles. The summed E-state index contributed by atoms with van der Waals surface area (Å²) in [7, 11) is 3.37. The van der Waals surface area contributed by atoms with Gasteiger partial charge in [0.05, 0.1) is 12.0 Å². The van der Waals surface area contributed by atoms with E-state index in [1.165, 1.54) is 13.2 Å². The molecule has 0 aromatic heterocycles. The monoisotopic (exact) mass is 252 g/mol. The first kappa shape index (κ1) is 14.4. The van der Waals surface area contributed by atoms with E-state index < -0.39 is 4.92 Å². The van der Waals surface area contributed by atoms with Crippen LogP contribution in [-0.2, 0) is 0 Å². The molecule has 0 aliphatic heterocycles. The lowest BCUT2D eigenvalue weighted by molar-refractivity contribution is -0.385. The zero-order valence-corrected chi connectivity index (χ0v) is 11.3. The van der Waals surface area contributed by atoms with Gasteiger partial charge in [0.15, 0.2) is 5.75 Å². The number of nitro benzene ring substituents is 1. The van der Waals surface area contributed by atoms with Crippen molar-refractivity contribution in [3.63, 3.8) is 0 Å². The molecule has 1 aromatic carbocycles. The van der Waals surface area contributed by atoms with Crippen molar-refractivity contribution in [1.82, 2.24) is 5.32 Å². The van der Waals surface area contributed by atoms with Crippen LogP contribution in [0.15, 0.2) is 18.2 Å². The van der Waals surface area contributed by atoms with Crippen molar-refractivity contribution in [2.75, 3.05) is 14.2 Å². The molecule has 5 nitrogen and oxygen atoms in total. The van der Waals surface area contributed by atoms with E-state index >= 15 is 0 Å². The Morgan fingerprint density at radius 3 is 2.61 bits per heavy atom. The normalized spacial score (nSPS) is 14.0. The van der Waals surface area contributed by atoms with E-state index in [4.69, 9.17) is 4.74 Å². The number of ether oxygens (including phenoxy) is 1. The summed E-state index contributed by atoms with van der Waals surface area (Å²) in [5, 5.41) is 14.1. The first-order valence-corrected chi connectivity index (χ1v) is 6.04. The third kappa shape index (κ3) is 2.98. The fourth-order valence-electron chi connectivity index (χ4n) is 2.17. The number of rotatable bonds is 6. The van der Waals surface area contributed by atoms with E-state index in [-0.39, 0.29) is 11.6 Å². The van der Waals surface area contributed by atoms with Gasteiger partial charge < -0.3 is 10.1 Å². The topological polar surface area (TPSA) is 64.4 Å². The maximum atomic E-state index is 10.8. The Morgan fingerprint density at radius 1 is 1.50 bits per heavy atom. The van der Waals surface area contributed by atoms with E-state index in [9.17, 15) is 10.1 Å². The van der Waals surface area contributed by atoms with Crippen molar-refractivity contribution in [3.8, 4) is 5.75 Å². The zero-order valence-electron chi connectivity index (χ0n) is 11.3. The number of methoxy groups -OCH3 is 1. The smallest absolute Gasteiger partial charge is 0.310 e. The lowest BCUT2D eigenvalue weighted by atomic mass is 9.91. The first-order chi connectivity index (χ1) is 8.54. The van der Waals surface area contributed by atoms with Gasteiger partial charge in [-0.25, -0.2) is 0 Å². The van der Waals surface area contributed by atoms with Gasteiger partial charge in [0, 0.05) is 12.1 Å². The van der Waals surface area contributed by atoms with Crippen LogP contribution in [0, 0.1) is 10.1 Å². The van der Waals surface area contributed by atoms with Gasteiger partial charge in [-0.2, -0.15) is 0 Å². The van der Waals surface area contributed by atoms with Gasteiger partial charge in [-0.05, 0) is 31.0 Å². The molecule has 18 heavy (non-hydrogen) atoms. The molecule has 0 fully saturated rings. The van der Waals surface area contributed by atoms with Gasteiger partial charge in [0.2, 0.25) is 0 Å². The van der Waals surface area contributed by atoms with Crippen molar-refractivity contribution < 1.29 is 9.66 Å². The summed E-state index contributed by atoms with van der Waals surface area (Å²) in [5.41, 5.74) is 1.05. The second kappa shape index (κ2) is 6.35. The van der Waals surface area contributed by atoms with Crippen molar-refractivity contribution >= 4 is 5.69 Å². The Hall–Kier alpha value is -1.62. The van der Waals surface area contributed by atoms with Crippen LogP contribution in [0.4, 0.5) is 5.69 Å². The van der Waals surface area contributed by atoms with Crippen molar-refractivity contribution in [1.29, 1.82) is 0 Å². The Kier molecular flexibility index (Phi) is 5.09. The Bertz CT molecular complexity index is 417.